The summed E-state index contributed by atoms with van der Waals surface area (Å²) in [5.41, 5.74) is 8.69. The van der Waals surface area contributed by atoms with Crippen LogP contribution in [0.25, 0.3) is 0 Å². The first kappa shape index (κ1) is 17.9. The summed E-state index contributed by atoms with van der Waals surface area (Å²) in [5.74, 6) is 0.850. The van der Waals surface area contributed by atoms with Crippen molar-refractivity contribution in [1.82, 2.24) is 0 Å². The molecular formula is C23H20N2O3. The number of nitrogens with two attached hydrogens (primary N) is 1. The Labute approximate surface area is 163 Å². The molecule has 0 unspecified atom stereocenters. The Hall–Kier alpha value is -3.52. The van der Waals surface area contributed by atoms with Crippen LogP contribution in [-0.2, 0) is 16.1 Å². The fraction of sp³-hybridized carbons (Fsp3) is 0.217. The minimum atomic E-state index is -0.512. The minimum Gasteiger partial charge on any atom is -0.489 e. The maximum Gasteiger partial charge on any atom is 0.205 e. The Bertz CT molecular complexity index is 1020. The van der Waals surface area contributed by atoms with E-state index in [0.29, 0.717) is 36.5 Å². The molecule has 0 spiro atoms. The molecule has 2 aromatic rings. The summed E-state index contributed by atoms with van der Waals surface area (Å²) >= 11 is 0. The molecule has 2 aliphatic rings. The highest BCUT2D eigenvalue weighted by Gasteiger charge is 2.38. The van der Waals surface area contributed by atoms with Crippen molar-refractivity contribution in [2.45, 2.75) is 31.8 Å². The molecule has 5 nitrogen and oxygen atoms in total. The predicted molar refractivity (Wildman–Crippen MR) is 104 cm³/mol. The van der Waals surface area contributed by atoms with E-state index in [-0.39, 0.29) is 17.2 Å². The number of nitrogens with zero attached hydrogens (tertiary/aromatic N) is 1. The van der Waals surface area contributed by atoms with E-state index in [4.69, 9.17) is 15.2 Å². The van der Waals surface area contributed by atoms with Crippen molar-refractivity contribution in [3.05, 3.63) is 88.5 Å². The third-order valence-electron chi connectivity index (χ3n) is 5.04. The van der Waals surface area contributed by atoms with Crippen LogP contribution in [0.1, 0.15) is 36.3 Å². The molecule has 1 aliphatic carbocycles. The molecule has 0 saturated carbocycles. The third kappa shape index (κ3) is 3.37. The second-order valence-corrected chi connectivity index (χ2v) is 6.89. The number of benzene rings is 2. The lowest BCUT2D eigenvalue weighted by Crippen LogP contribution is -2.27. The van der Waals surface area contributed by atoms with Crippen LogP contribution in [0.4, 0.5) is 0 Å². The number of carbonyl (C=O) groups is 1. The Morgan fingerprint density at radius 2 is 1.96 bits per heavy atom. The number of ether oxygens (including phenoxy) is 2. The van der Waals surface area contributed by atoms with Crippen LogP contribution in [0.2, 0.25) is 0 Å². The highest BCUT2D eigenvalue weighted by molar-refractivity contribution is 5.99. The van der Waals surface area contributed by atoms with Crippen LogP contribution in [0.3, 0.4) is 0 Å². The summed E-state index contributed by atoms with van der Waals surface area (Å²) in [6.07, 6.45) is 1.85. The van der Waals surface area contributed by atoms with Crippen LogP contribution < -0.4 is 10.5 Å². The first-order valence-electron chi connectivity index (χ1n) is 9.28. The summed E-state index contributed by atoms with van der Waals surface area (Å²) in [6.45, 7) is 0.439. The summed E-state index contributed by atoms with van der Waals surface area (Å²) in [7, 11) is 0. The average Bonchev–Trinajstić information content (AvgIpc) is 2.72. The van der Waals surface area contributed by atoms with Gasteiger partial charge >= 0.3 is 0 Å². The standard InChI is InChI=1S/C23H20N2O3/c24-13-18-21(22-19(26)10-5-11-20(22)28-23(18)25)16-8-4-9-17(12-16)27-14-15-6-2-1-3-7-15/h1-4,6-9,12,21H,5,10-11,14,25H2/t21-/m1/s1. The van der Waals surface area contributed by atoms with Crippen LogP contribution in [0.15, 0.2) is 77.4 Å². The zero-order valence-electron chi connectivity index (χ0n) is 15.4. The van der Waals surface area contributed by atoms with Crippen molar-refractivity contribution in [2.24, 2.45) is 5.73 Å². The maximum atomic E-state index is 12.6. The van der Waals surface area contributed by atoms with E-state index in [2.05, 4.69) is 6.07 Å². The Kier molecular flexibility index (Phi) is 4.86. The number of carbonyl (C=O) groups excluding carboxylic acids is 1. The smallest absolute Gasteiger partial charge is 0.205 e. The second-order valence-electron chi connectivity index (χ2n) is 6.89. The minimum absolute atomic E-state index is 0.0158. The monoisotopic (exact) mass is 372 g/mol. The first-order chi connectivity index (χ1) is 13.7. The fourth-order valence-electron chi connectivity index (χ4n) is 3.71. The molecular weight excluding hydrogens is 352 g/mol. The highest BCUT2D eigenvalue weighted by Crippen LogP contribution is 2.43. The fourth-order valence-corrected chi connectivity index (χ4v) is 3.71. The van der Waals surface area contributed by atoms with Crippen molar-refractivity contribution in [3.8, 4) is 11.8 Å². The first-order valence-corrected chi connectivity index (χ1v) is 9.28. The normalized spacial score (nSPS) is 19.0. The lowest BCUT2D eigenvalue weighted by molar-refractivity contribution is -0.116. The van der Waals surface area contributed by atoms with Crippen molar-refractivity contribution in [2.75, 3.05) is 0 Å². The molecule has 2 N–H and O–H groups in total. The molecule has 2 aromatic carbocycles. The molecule has 140 valence electrons. The number of nitriles is 1. The van der Waals surface area contributed by atoms with E-state index < -0.39 is 5.92 Å². The molecule has 0 amide bonds. The summed E-state index contributed by atoms with van der Waals surface area (Å²) < 4.78 is 11.5. The highest BCUT2D eigenvalue weighted by atomic mass is 16.5. The predicted octanol–water partition coefficient (Wildman–Crippen LogP) is 4.08. The molecule has 0 saturated heterocycles. The number of allylic oxidation sites excluding steroid dienone is 3. The van der Waals surface area contributed by atoms with E-state index >= 15 is 0 Å². The number of hydrogen-bond acceptors (Lipinski definition) is 5. The summed E-state index contributed by atoms with van der Waals surface area (Å²) in [6, 6.07) is 19.5. The van der Waals surface area contributed by atoms with E-state index in [1.807, 2.05) is 54.6 Å². The number of Topliss-reactive ketones (excluding diaryl/α,β-unsaturated/α-hetero) is 1. The topological polar surface area (TPSA) is 85.3 Å². The Balaban J connectivity index is 1.68. The Morgan fingerprint density at radius 3 is 2.75 bits per heavy atom. The van der Waals surface area contributed by atoms with Crippen molar-refractivity contribution < 1.29 is 14.3 Å². The molecule has 1 heterocycles. The van der Waals surface area contributed by atoms with Gasteiger partial charge in [0.05, 0.1) is 5.92 Å². The van der Waals surface area contributed by atoms with Gasteiger partial charge in [-0.2, -0.15) is 5.26 Å². The summed E-state index contributed by atoms with van der Waals surface area (Å²) in [5, 5.41) is 9.66. The van der Waals surface area contributed by atoms with Crippen LogP contribution in [0, 0.1) is 11.3 Å². The van der Waals surface area contributed by atoms with Crippen LogP contribution >= 0.6 is 0 Å². The lowest BCUT2D eigenvalue weighted by atomic mass is 9.77. The molecule has 0 bridgehead atoms. The van der Waals surface area contributed by atoms with E-state index in [1.54, 1.807) is 0 Å². The average molecular weight is 372 g/mol. The second kappa shape index (κ2) is 7.61. The largest absolute Gasteiger partial charge is 0.489 e. The number of ketones is 1. The molecule has 4 rings (SSSR count). The van der Waals surface area contributed by atoms with Gasteiger partial charge in [0.15, 0.2) is 5.78 Å². The van der Waals surface area contributed by atoms with Crippen molar-refractivity contribution in [1.29, 1.82) is 5.26 Å². The molecule has 0 aromatic heterocycles. The lowest BCUT2D eigenvalue weighted by Gasteiger charge is -2.31. The zero-order chi connectivity index (χ0) is 19.5. The van der Waals surface area contributed by atoms with E-state index in [0.717, 1.165) is 17.5 Å². The van der Waals surface area contributed by atoms with Gasteiger partial charge in [-0.05, 0) is 29.7 Å². The van der Waals surface area contributed by atoms with Gasteiger partial charge in [0.1, 0.15) is 29.8 Å². The van der Waals surface area contributed by atoms with Crippen molar-refractivity contribution >= 4 is 5.78 Å². The molecule has 1 atom stereocenters. The van der Waals surface area contributed by atoms with E-state index in [1.165, 1.54) is 0 Å². The van der Waals surface area contributed by atoms with Crippen LogP contribution in [0.5, 0.6) is 5.75 Å². The third-order valence-corrected chi connectivity index (χ3v) is 5.04. The summed E-state index contributed by atoms with van der Waals surface area (Å²) in [4.78, 5) is 12.6. The molecule has 1 aliphatic heterocycles. The molecule has 5 heteroatoms. The van der Waals surface area contributed by atoms with Crippen molar-refractivity contribution in [3.63, 3.8) is 0 Å². The SMILES string of the molecule is N#CC1=C(N)OC2=C(C(=O)CCC2)[C@@H]1c1cccc(OCc2ccccc2)c1. The van der Waals surface area contributed by atoms with Gasteiger partial charge < -0.3 is 15.2 Å². The quantitative estimate of drug-likeness (QED) is 0.874. The number of hydrogen-bond donors (Lipinski definition) is 1. The van der Waals surface area contributed by atoms with Gasteiger partial charge in [0.2, 0.25) is 5.88 Å². The van der Waals surface area contributed by atoms with Gasteiger partial charge in [0, 0.05) is 18.4 Å². The van der Waals surface area contributed by atoms with Crippen LogP contribution in [-0.4, -0.2) is 5.78 Å². The maximum absolute atomic E-state index is 12.6. The molecule has 28 heavy (non-hydrogen) atoms. The van der Waals surface area contributed by atoms with E-state index in [9.17, 15) is 10.1 Å². The van der Waals surface area contributed by atoms with Gasteiger partial charge in [-0.1, -0.05) is 42.5 Å². The van der Waals surface area contributed by atoms with Gasteiger partial charge in [-0.3, -0.25) is 4.79 Å². The van der Waals surface area contributed by atoms with Gasteiger partial charge in [-0.15, -0.1) is 0 Å². The van der Waals surface area contributed by atoms with Gasteiger partial charge in [-0.25, -0.2) is 0 Å². The Morgan fingerprint density at radius 1 is 1.14 bits per heavy atom. The number of rotatable bonds is 4. The zero-order valence-corrected chi connectivity index (χ0v) is 15.4. The van der Waals surface area contributed by atoms with Gasteiger partial charge in [0.25, 0.3) is 0 Å². The molecule has 0 fully saturated rings. The molecule has 0 radical (unpaired) electrons.